The Morgan fingerprint density at radius 1 is 1.47 bits per heavy atom. The highest BCUT2D eigenvalue weighted by atomic mass is 32.2. The van der Waals surface area contributed by atoms with Gasteiger partial charge in [-0.2, -0.15) is 0 Å². The van der Waals surface area contributed by atoms with Crippen molar-refractivity contribution in [2.24, 2.45) is 0 Å². The van der Waals surface area contributed by atoms with Gasteiger partial charge in [-0.3, -0.25) is 19.2 Å². The van der Waals surface area contributed by atoms with Crippen molar-refractivity contribution in [1.29, 1.82) is 0 Å². The molecule has 0 heterocycles. The highest BCUT2D eigenvalue weighted by molar-refractivity contribution is 8.00. The van der Waals surface area contributed by atoms with Crippen molar-refractivity contribution >= 4 is 35.8 Å². The minimum absolute atomic E-state index is 0.0838. The second-order valence-corrected chi connectivity index (χ2v) is 4.19. The number of amides is 2. The molecule has 0 bridgehead atoms. The Balaban J connectivity index is 4.98. The van der Waals surface area contributed by atoms with Gasteiger partial charge in [0.2, 0.25) is 6.29 Å². The first-order valence-corrected chi connectivity index (χ1v) is 6.61. The molecule has 0 aliphatic heterocycles. The number of aliphatic hydroxyl groups excluding tert-OH is 1. The monoisotopic (exact) mass is 292 g/mol. The Bertz CT molecular complexity index is 362. The van der Waals surface area contributed by atoms with Gasteiger partial charge in [-0.05, 0) is 13.2 Å². The van der Waals surface area contributed by atoms with E-state index in [4.69, 9.17) is 4.74 Å². The van der Waals surface area contributed by atoms with Crippen molar-refractivity contribution in [1.82, 2.24) is 10.4 Å². The first-order chi connectivity index (χ1) is 8.94. The van der Waals surface area contributed by atoms with Crippen LogP contribution in [0.1, 0.15) is 6.92 Å². The van der Waals surface area contributed by atoms with Gasteiger partial charge in [0.05, 0.1) is 6.61 Å². The number of carbonyl (C=O) groups is 4. The van der Waals surface area contributed by atoms with E-state index in [1.54, 1.807) is 6.92 Å². The molecule has 0 aromatic heterocycles. The Morgan fingerprint density at radius 2 is 2.05 bits per heavy atom. The number of rotatable bonds is 7. The van der Waals surface area contributed by atoms with Crippen molar-refractivity contribution in [2.45, 2.75) is 18.3 Å². The number of hydrogen-bond acceptors (Lipinski definition) is 8. The average Bonchev–Trinajstić information content (AvgIpc) is 2.40. The standard InChI is InChI=1S/C10H16N2O6S/c1-4-18-10(17)8(19-3)7(15)9(16)12(11-2)6(14)5-13/h5,7-8,11,15H,4H2,1-3H3. The summed E-state index contributed by atoms with van der Waals surface area (Å²) in [7, 11) is 1.23. The predicted octanol–water partition coefficient (Wildman–Crippen LogP) is -1.67. The van der Waals surface area contributed by atoms with E-state index >= 15 is 0 Å². The molecule has 0 aliphatic carbocycles. The summed E-state index contributed by atoms with van der Waals surface area (Å²) in [6, 6.07) is 0. The van der Waals surface area contributed by atoms with Gasteiger partial charge in [-0.25, -0.2) is 10.4 Å². The number of aldehydes is 1. The topological polar surface area (TPSA) is 113 Å². The first kappa shape index (κ1) is 17.6. The predicted molar refractivity (Wildman–Crippen MR) is 66.9 cm³/mol. The quantitative estimate of drug-likeness (QED) is 0.248. The molecule has 2 amide bonds. The number of imide groups is 1. The van der Waals surface area contributed by atoms with Crippen molar-refractivity contribution in [3.8, 4) is 0 Å². The fourth-order valence-electron chi connectivity index (χ4n) is 1.22. The minimum atomic E-state index is -1.80. The molecular formula is C10H16N2O6S. The van der Waals surface area contributed by atoms with E-state index < -0.39 is 29.1 Å². The number of hydrogen-bond donors (Lipinski definition) is 2. The van der Waals surface area contributed by atoms with Crippen LogP contribution in [0.25, 0.3) is 0 Å². The van der Waals surface area contributed by atoms with Gasteiger partial charge >= 0.3 is 11.9 Å². The van der Waals surface area contributed by atoms with Crippen molar-refractivity contribution in [3.63, 3.8) is 0 Å². The fraction of sp³-hybridized carbons (Fsp3) is 0.600. The summed E-state index contributed by atoms with van der Waals surface area (Å²) >= 11 is 0.902. The summed E-state index contributed by atoms with van der Waals surface area (Å²) in [4.78, 5) is 44.8. The highest BCUT2D eigenvalue weighted by Crippen LogP contribution is 2.15. The summed E-state index contributed by atoms with van der Waals surface area (Å²) in [5.41, 5.74) is 2.16. The number of hydrazine groups is 1. The first-order valence-electron chi connectivity index (χ1n) is 5.32. The summed E-state index contributed by atoms with van der Waals surface area (Å²) in [6.45, 7) is 1.68. The van der Waals surface area contributed by atoms with Crippen LogP contribution in [0.5, 0.6) is 0 Å². The molecule has 0 aromatic rings. The molecule has 2 N–H and O–H groups in total. The van der Waals surface area contributed by atoms with Gasteiger partial charge in [-0.15, -0.1) is 11.8 Å². The van der Waals surface area contributed by atoms with Gasteiger partial charge in [0.25, 0.3) is 5.91 Å². The third kappa shape index (κ3) is 4.62. The molecule has 0 fully saturated rings. The van der Waals surface area contributed by atoms with E-state index in [2.05, 4.69) is 5.43 Å². The van der Waals surface area contributed by atoms with E-state index in [1.807, 2.05) is 0 Å². The molecule has 0 rings (SSSR count). The van der Waals surface area contributed by atoms with Crippen LogP contribution in [0.2, 0.25) is 0 Å². The van der Waals surface area contributed by atoms with Crippen LogP contribution in [-0.2, 0) is 23.9 Å². The molecule has 0 spiro atoms. The van der Waals surface area contributed by atoms with Gasteiger partial charge in [0.15, 0.2) is 6.10 Å². The second-order valence-electron chi connectivity index (χ2n) is 3.21. The Hall–Kier alpha value is -1.45. The lowest BCUT2D eigenvalue weighted by atomic mass is 10.2. The molecule has 2 unspecified atom stereocenters. The third-order valence-corrected chi connectivity index (χ3v) is 3.04. The lowest BCUT2D eigenvalue weighted by Gasteiger charge is -2.23. The summed E-state index contributed by atoms with van der Waals surface area (Å²) in [6.07, 6.45) is -0.381. The van der Waals surface area contributed by atoms with Crippen molar-refractivity contribution in [2.75, 3.05) is 19.9 Å². The molecule has 0 aliphatic rings. The van der Waals surface area contributed by atoms with Gasteiger partial charge < -0.3 is 9.84 Å². The van der Waals surface area contributed by atoms with Crippen LogP contribution in [0.15, 0.2) is 0 Å². The van der Waals surface area contributed by atoms with Gasteiger partial charge in [-0.1, -0.05) is 0 Å². The van der Waals surface area contributed by atoms with Gasteiger partial charge in [0.1, 0.15) is 5.25 Å². The van der Waals surface area contributed by atoms with E-state index in [0.29, 0.717) is 5.01 Å². The molecule has 0 radical (unpaired) electrons. The lowest BCUT2D eigenvalue weighted by Crippen LogP contribution is -2.53. The number of nitrogens with one attached hydrogen (secondary N) is 1. The van der Waals surface area contributed by atoms with Crippen LogP contribution in [0.4, 0.5) is 0 Å². The average molecular weight is 292 g/mol. The number of carbonyl (C=O) groups excluding carboxylic acids is 4. The highest BCUT2D eigenvalue weighted by Gasteiger charge is 2.37. The molecule has 8 nitrogen and oxygen atoms in total. The second kappa shape index (κ2) is 8.62. The molecule has 19 heavy (non-hydrogen) atoms. The summed E-state index contributed by atoms with van der Waals surface area (Å²) in [5, 5.41) is 8.95. The van der Waals surface area contributed by atoms with E-state index in [0.717, 1.165) is 11.8 Å². The zero-order chi connectivity index (χ0) is 15.0. The van der Waals surface area contributed by atoms with E-state index in [1.165, 1.54) is 13.3 Å². The molecule has 2 atom stereocenters. The number of thioether (sulfide) groups is 1. The zero-order valence-electron chi connectivity index (χ0n) is 10.8. The van der Waals surface area contributed by atoms with Crippen LogP contribution >= 0.6 is 11.8 Å². The molecule has 0 saturated carbocycles. The van der Waals surface area contributed by atoms with Crippen LogP contribution in [-0.4, -0.2) is 65.4 Å². The Morgan fingerprint density at radius 3 is 2.42 bits per heavy atom. The van der Waals surface area contributed by atoms with E-state index in [-0.39, 0.29) is 12.9 Å². The van der Waals surface area contributed by atoms with Crippen molar-refractivity contribution < 1.29 is 29.0 Å². The maximum Gasteiger partial charge on any atom is 0.322 e. The Kier molecular flexibility index (Phi) is 7.96. The smallest absolute Gasteiger partial charge is 0.322 e. The molecule has 0 saturated heterocycles. The van der Waals surface area contributed by atoms with Crippen LogP contribution < -0.4 is 5.43 Å². The fourth-order valence-corrected chi connectivity index (χ4v) is 1.86. The van der Waals surface area contributed by atoms with E-state index in [9.17, 15) is 24.3 Å². The Labute approximate surface area is 114 Å². The SMILES string of the molecule is CCOC(=O)C(SC)C(O)C(=O)N(NC)C(=O)C=O. The summed E-state index contributed by atoms with van der Waals surface area (Å²) < 4.78 is 4.70. The maximum atomic E-state index is 11.8. The summed E-state index contributed by atoms with van der Waals surface area (Å²) in [5.74, 6) is -3.05. The largest absolute Gasteiger partial charge is 0.465 e. The normalized spacial score (nSPS) is 13.3. The van der Waals surface area contributed by atoms with Gasteiger partial charge in [0, 0.05) is 7.05 Å². The molecular weight excluding hydrogens is 276 g/mol. The zero-order valence-corrected chi connectivity index (χ0v) is 11.6. The number of esters is 1. The number of aliphatic hydroxyl groups is 1. The third-order valence-electron chi connectivity index (χ3n) is 2.08. The van der Waals surface area contributed by atoms with Crippen LogP contribution in [0.3, 0.4) is 0 Å². The minimum Gasteiger partial charge on any atom is -0.465 e. The number of ether oxygens (including phenoxy) is 1. The van der Waals surface area contributed by atoms with Crippen LogP contribution in [0, 0.1) is 0 Å². The number of nitrogens with zero attached hydrogens (tertiary/aromatic N) is 1. The lowest BCUT2D eigenvalue weighted by molar-refractivity contribution is -0.159. The molecule has 108 valence electrons. The van der Waals surface area contributed by atoms with Crippen molar-refractivity contribution in [3.05, 3.63) is 0 Å². The maximum absolute atomic E-state index is 11.8. The molecule has 0 aromatic carbocycles. The molecule has 9 heteroatoms.